The van der Waals surface area contributed by atoms with E-state index in [-0.39, 0.29) is 18.4 Å². The second-order valence-corrected chi connectivity index (χ2v) is 10.6. The number of carbonyl (C=O) groups excluding carboxylic acids is 2. The minimum absolute atomic E-state index is 0.127. The third kappa shape index (κ3) is 7.25. The molecule has 8 nitrogen and oxygen atoms in total. The summed E-state index contributed by atoms with van der Waals surface area (Å²) in [6.07, 6.45) is 1.80. The van der Waals surface area contributed by atoms with Crippen molar-refractivity contribution in [1.29, 1.82) is 0 Å². The molecule has 1 N–H and O–H groups in total. The molecular weight excluding hydrogens is 594 g/mol. The highest BCUT2D eigenvalue weighted by atomic mass is 79.9. The summed E-state index contributed by atoms with van der Waals surface area (Å²) in [5, 5.41) is 3.42. The van der Waals surface area contributed by atoms with Gasteiger partial charge in [-0.3, -0.25) is 14.5 Å². The Morgan fingerprint density at radius 2 is 1.75 bits per heavy atom. The van der Waals surface area contributed by atoms with Crippen molar-refractivity contribution in [3.05, 3.63) is 81.2 Å². The Hall–Kier alpha value is -3.76. The predicted octanol–water partition coefficient (Wildman–Crippen LogP) is 6.81. The van der Waals surface area contributed by atoms with E-state index in [1.54, 1.807) is 30.2 Å². The monoisotopic (exact) mass is 623 g/mol. The van der Waals surface area contributed by atoms with E-state index in [1.807, 2.05) is 69.3 Å². The molecule has 0 aliphatic carbocycles. The van der Waals surface area contributed by atoms with Gasteiger partial charge in [0.05, 0.1) is 24.3 Å². The van der Waals surface area contributed by atoms with Gasteiger partial charge in [0.2, 0.25) is 0 Å². The number of hydrogen-bond donors (Lipinski definition) is 1. The minimum Gasteiger partial charge on any atom is -0.497 e. The summed E-state index contributed by atoms with van der Waals surface area (Å²) in [7, 11) is 1.61. The zero-order valence-electron chi connectivity index (χ0n) is 22.7. The van der Waals surface area contributed by atoms with Crippen LogP contribution in [0.15, 0.2) is 75.0 Å². The molecule has 0 spiro atoms. The average Bonchev–Trinajstić information content (AvgIpc) is 3.24. The maximum absolute atomic E-state index is 13.2. The Morgan fingerprint density at radius 3 is 2.40 bits per heavy atom. The number of benzene rings is 3. The summed E-state index contributed by atoms with van der Waals surface area (Å²) in [6, 6.07) is 18.4. The molecule has 0 atom stereocenters. The summed E-state index contributed by atoms with van der Waals surface area (Å²) >= 11 is 4.89. The Kier molecular flexibility index (Phi) is 9.89. The number of amidine groups is 1. The van der Waals surface area contributed by atoms with Gasteiger partial charge in [-0.1, -0.05) is 33.6 Å². The number of carbonyl (C=O) groups is 2. The minimum atomic E-state index is -0.287. The zero-order chi connectivity index (χ0) is 28.6. The van der Waals surface area contributed by atoms with E-state index in [1.165, 1.54) is 11.8 Å². The molecule has 0 saturated carbocycles. The normalized spacial score (nSPS) is 15.0. The zero-order valence-corrected chi connectivity index (χ0v) is 25.1. The number of halogens is 1. The summed E-state index contributed by atoms with van der Waals surface area (Å²) in [5.74, 6) is 1.21. The van der Waals surface area contributed by atoms with E-state index in [4.69, 9.17) is 14.2 Å². The van der Waals surface area contributed by atoms with Gasteiger partial charge in [-0.05, 0) is 92.7 Å². The van der Waals surface area contributed by atoms with Crippen molar-refractivity contribution in [3.63, 3.8) is 0 Å². The Morgan fingerprint density at radius 1 is 1.05 bits per heavy atom. The number of rotatable bonds is 10. The lowest BCUT2D eigenvalue weighted by Gasteiger charge is -2.14. The third-order valence-electron chi connectivity index (χ3n) is 5.85. The molecule has 208 valence electrons. The molecule has 4 rings (SSSR count). The second kappa shape index (κ2) is 13.5. The van der Waals surface area contributed by atoms with E-state index in [0.29, 0.717) is 44.9 Å². The summed E-state index contributed by atoms with van der Waals surface area (Å²) in [6.45, 7) is 6.46. The van der Waals surface area contributed by atoms with Crippen LogP contribution in [0.5, 0.6) is 17.2 Å². The van der Waals surface area contributed by atoms with E-state index >= 15 is 0 Å². The largest absolute Gasteiger partial charge is 0.497 e. The van der Waals surface area contributed by atoms with Crippen LogP contribution >= 0.6 is 27.7 Å². The molecule has 0 radical (unpaired) electrons. The first-order valence-electron chi connectivity index (χ1n) is 12.7. The molecule has 2 amide bonds. The van der Waals surface area contributed by atoms with Crippen LogP contribution in [0.4, 0.5) is 11.4 Å². The van der Waals surface area contributed by atoms with Gasteiger partial charge >= 0.3 is 0 Å². The third-order valence-corrected chi connectivity index (χ3v) is 7.54. The SMILES string of the molecule is CCOc1cc(/C=C2/SC(=Nc3ccc(OC)cc3)N(CC)C2=O)c(Br)cc1OCC(=O)Nc1ccc(C)cc1. The standard InChI is InChI=1S/C30H30BrN3O5S/c1-5-34-29(36)27(40-30(34)33-22-11-13-23(37-4)14-12-22)16-20-15-25(38-6-2)26(17-24(20)31)39-18-28(35)32-21-9-7-19(3)8-10-21/h7-17H,5-6,18H2,1-4H3,(H,32,35)/b27-16+,33-30?. The van der Waals surface area contributed by atoms with Crippen molar-refractivity contribution in [1.82, 2.24) is 4.90 Å². The molecule has 1 heterocycles. The van der Waals surface area contributed by atoms with Crippen molar-refractivity contribution in [2.45, 2.75) is 20.8 Å². The number of methoxy groups -OCH3 is 1. The summed E-state index contributed by atoms with van der Waals surface area (Å²) in [5.41, 5.74) is 3.26. The lowest BCUT2D eigenvalue weighted by atomic mass is 10.2. The van der Waals surface area contributed by atoms with Gasteiger partial charge in [-0.15, -0.1) is 0 Å². The molecule has 10 heteroatoms. The average molecular weight is 625 g/mol. The summed E-state index contributed by atoms with van der Waals surface area (Å²) < 4.78 is 17.5. The molecule has 1 aliphatic rings. The Labute approximate surface area is 246 Å². The number of nitrogens with zero attached hydrogens (tertiary/aromatic N) is 2. The first kappa shape index (κ1) is 29.2. The molecule has 1 fully saturated rings. The van der Waals surface area contributed by atoms with Crippen LogP contribution in [0.2, 0.25) is 0 Å². The number of thioether (sulfide) groups is 1. The van der Waals surface area contributed by atoms with Crippen LogP contribution in [0.25, 0.3) is 6.08 Å². The summed E-state index contributed by atoms with van der Waals surface area (Å²) in [4.78, 5) is 32.5. The first-order valence-corrected chi connectivity index (χ1v) is 14.3. The van der Waals surface area contributed by atoms with Gasteiger partial charge in [-0.25, -0.2) is 4.99 Å². The van der Waals surface area contributed by atoms with Gasteiger partial charge in [0, 0.05) is 16.7 Å². The highest BCUT2D eigenvalue weighted by Gasteiger charge is 2.32. The van der Waals surface area contributed by atoms with Crippen LogP contribution in [0.1, 0.15) is 25.0 Å². The second-order valence-electron chi connectivity index (χ2n) is 8.71. The lowest BCUT2D eigenvalue weighted by Crippen LogP contribution is -2.28. The number of aryl methyl sites for hydroxylation is 1. The van der Waals surface area contributed by atoms with E-state index in [2.05, 4.69) is 26.2 Å². The van der Waals surface area contributed by atoms with Crippen LogP contribution in [-0.4, -0.2) is 48.8 Å². The Balaban J connectivity index is 1.53. The molecule has 3 aromatic carbocycles. The predicted molar refractivity (Wildman–Crippen MR) is 164 cm³/mol. The number of amides is 2. The van der Waals surface area contributed by atoms with Gasteiger partial charge in [0.1, 0.15) is 5.75 Å². The van der Waals surface area contributed by atoms with Crippen molar-refractivity contribution < 1.29 is 23.8 Å². The fourth-order valence-corrected chi connectivity index (χ4v) is 5.29. The van der Waals surface area contributed by atoms with Crippen LogP contribution in [0.3, 0.4) is 0 Å². The van der Waals surface area contributed by atoms with Gasteiger partial charge in [-0.2, -0.15) is 0 Å². The van der Waals surface area contributed by atoms with E-state index in [9.17, 15) is 9.59 Å². The van der Waals surface area contributed by atoms with Crippen LogP contribution in [0, 0.1) is 6.92 Å². The topological polar surface area (TPSA) is 89.5 Å². The fourth-order valence-electron chi connectivity index (χ4n) is 3.80. The van der Waals surface area contributed by atoms with Crippen molar-refractivity contribution in [3.8, 4) is 17.2 Å². The van der Waals surface area contributed by atoms with E-state index < -0.39 is 0 Å². The molecule has 3 aromatic rings. The van der Waals surface area contributed by atoms with Gasteiger partial charge in [0.15, 0.2) is 23.3 Å². The first-order chi connectivity index (χ1) is 19.3. The molecule has 1 saturated heterocycles. The molecule has 1 aliphatic heterocycles. The fraction of sp³-hybridized carbons (Fsp3) is 0.233. The van der Waals surface area contributed by atoms with Crippen molar-refractivity contribution in [2.75, 3.05) is 32.2 Å². The smallest absolute Gasteiger partial charge is 0.266 e. The number of hydrogen-bond acceptors (Lipinski definition) is 7. The number of nitrogens with one attached hydrogen (secondary N) is 1. The molecular formula is C30H30BrN3O5S. The quantitative estimate of drug-likeness (QED) is 0.250. The maximum Gasteiger partial charge on any atom is 0.266 e. The molecule has 0 aromatic heterocycles. The van der Waals surface area contributed by atoms with Crippen LogP contribution in [-0.2, 0) is 9.59 Å². The van der Waals surface area contributed by atoms with E-state index in [0.717, 1.165) is 22.6 Å². The maximum atomic E-state index is 13.2. The number of likely N-dealkylation sites (N-methyl/N-ethyl adjacent to an activating group) is 1. The molecule has 40 heavy (non-hydrogen) atoms. The highest BCUT2D eigenvalue weighted by Crippen LogP contribution is 2.39. The van der Waals surface area contributed by atoms with Gasteiger partial charge < -0.3 is 19.5 Å². The molecule has 0 unspecified atom stereocenters. The lowest BCUT2D eigenvalue weighted by molar-refractivity contribution is -0.122. The van der Waals surface area contributed by atoms with Crippen molar-refractivity contribution in [2.24, 2.45) is 4.99 Å². The van der Waals surface area contributed by atoms with Crippen molar-refractivity contribution >= 4 is 62.1 Å². The number of anilines is 1. The van der Waals surface area contributed by atoms with Crippen LogP contribution < -0.4 is 19.5 Å². The number of ether oxygens (including phenoxy) is 3. The molecule has 0 bridgehead atoms. The highest BCUT2D eigenvalue weighted by molar-refractivity contribution is 9.10. The Bertz CT molecular complexity index is 1440. The number of aliphatic imine (C=N–C) groups is 1. The van der Waals surface area contributed by atoms with Gasteiger partial charge in [0.25, 0.3) is 11.8 Å².